The molecular weight excluding hydrogens is 217 g/mol. The maximum Gasteiger partial charge on any atom is 1.00 e. The van der Waals surface area contributed by atoms with E-state index in [4.69, 9.17) is 0 Å². The molecule has 1 heterocycles. The molecule has 1 aromatic rings. The fourth-order valence-corrected chi connectivity index (χ4v) is 1.05. The number of nitrogens with zero attached hydrogens (tertiary/aromatic N) is 1. The first kappa shape index (κ1) is 14.6. The molecule has 1 aromatic heterocycles. The maximum atomic E-state index is 11.9. The van der Waals surface area contributed by atoms with Crippen molar-refractivity contribution in [1.82, 2.24) is 4.98 Å². The van der Waals surface area contributed by atoms with E-state index in [0.29, 0.717) is 5.69 Å². The predicted molar refractivity (Wildman–Crippen MR) is 46.6 cm³/mol. The van der Waals surface area contributed by atoms with Gasteiger partial charge in [0.05, 0.1) is 0 Å². The molecule has 0 aliphatic carbocycles. The van der Waals surface area contributed by atoms with Crippen LogP contribution in [0.2, 0.25) is 6.32 Å². The van der Waals surface area contributed by atoms with E-state index in [2.05, 4.69) is 4.98 Å². The van der Waals surface area contributed by atoms with E-state index in [9.17, 15) is 12.9 Å². The normalized spacial score (nSPS) is 10.9. The zero-order valence-electron chi connectivity index (χ0n) is 8.30. The van der Waals surface area contributed by atoms with Gasteiger partial charge in [-0.15, -0.1) is 0 Å². The molecule has 0 saturated heterocycles. The van der Waals surface area contributed by atoms with Crippen LogP contribution in [-0.2, 0) is 6.42 Å². The van der Waals surface area contributed by atoms with E-state index >= 15 is 0 Å². The van der Waals surface area contributed by atoms with Crippen molar-refractivity contribution in [2.24, 2.45) is 0 Å². The minimum Gasteiger partial charge on any atom is -0.449 e. The topological polar surface area (TPSA) is 12.9 Å². The van der Waals surface area contributed by atoms with Gasteiger partial charge in [0, 0.05) is 11.4 Å². The molecule has 0 bridgehead atoms. The van der Waals surface area contributed by atoms with Crippen molar-refractivity contribution in [1.29, 1.82) is 0 Å². The Hall–Kier alpha value is 0.641. The standard InChI is InChI=1S/C8H10BF3N.K/c1-7-3-2-4-8(13-7)5-6-9(10,11)12;/h2-4H,5-6H2,1H3;/q-1;+1. The molecule has 1 rings (SSSR count). The second-order valence-electron chi connectivity index (χ2n) is 3.02. The van der Waals surface area contributed by atoms with Crippen molar-refractivity contribution in [3.8, 4) is 0 Å². The summed E-state index contributed by atoms with van der Waals surface area (Å²) in [6.07, 6.45) is -0.748. The number of pyridine rings is 1. The quantitative estimate of drug-likeness (QED) is 0.651. The van der Waals surface area contributed by atoms with Gasteiger partial charge in [-0.25, -0.2) is 0 Å². The molecular formula is C8H10BF3KN. The second kappa shape index (κ2) is 6.27. The van der Waals surface area contributed by atoms with E-state index in [0.717, 1.165) is 5.69 Å². The minimum absolute atomic E-state index is 0. The van der Waals surface area contributed by atoms with Crippen LogP contribution in [0, 0.1) is 6.92 Å². The Morgan fingerprint density at radius 3 is 2.43 bits per heavy atom. The summed E-state index contributed by atoms with van der Waals surface area (Å²) < 4.78 is 35.6. The van der Waals surface area contributed by atoms with Crippen LogP contribution in [0.15, 0.2) is 18.2 Å². The van der Waals surface area contributed by atoms with Gasteiger partial charge < -0.3 is 12.9 Å². The first-order valence-corrected chi connectivity index (χ1v) is 4.11. The van der Waals surface area contributed by atoms with Gasteiger partial charge in [-0.1, -0.05) is 12.4 Å². The van der Waals surface area contributed by atoms with Gasteiger partial charge in [0.15, 0.2) is 0 Å². The fraction of sp³-hybridized carbons (Fsp3) is 0.375. The Morgan fingerprint density at radius 1 is 1.29 bits per heavy atom. The minimum atomic E-state index is -4.68. The van der Waals surface area contributed by atoms with Crippen molar-refractivity contribution in [2.75, 3.05) is 0 Å². The molecule has 0 radical (unpaired) electrons. The average Bonchev–Trinajstić information content (AvgIpc) is 2.00. The van der Waals surface area contributed by atoms with Crippen LogP contribution in [0.1, 0.15) is 11.4 Å². The van der Waals surface area contributed by atoms with Crippen LogP contribution in [0.4, 0.5) is 12.9 Å². The molecule has 0 aliphatic heterocycles. The third-order valence-electron chi connectivity index (χ3n) is 1.67. The van der Waals surface area contributed by atoms with Gasteiger partial charge >= 0.3 is 58.4 Å². The van der Waals surface area contributed by atoms with Crippen LogP contribution in [0.3, 0.4) is 0 Å². The van der Waals surface area contributed by atoms with Gasteiger partial charge in [-0.2, -0.15) is 0 Å². The maximum absolute atomic E-state index is 11.9. The van der Waals surface area contributed by atoms with Crippen LogP contribution in [0.5, 0.6) is 0 Å². The average molecular weight is 227 g/mol. The summed E-state index contributed by atoms with van der Waals surface area (Å²) in [5, 5.41) is 0. The molecule has 0 saturated carbocycles. The predicted octanol–water partition coefficient (Wildman–Crippen LogP) is -0.216. The van der Waals surface area contributed by atoms with E-state index in [1.807, 2.05) is 0 Å². The fourth-order valence-electron chi connectivity index (χ4n) is 1.05. The van der Waals surface area contributed by atoms with Crippen molar-refractivity contribution < 1.29 is 64.3 Å². The monoisotopic (exact) mass is 227 g/mol. The van der Waals surface area contributed by atoms with Crippen molar-refractivity contribution in [3.63, 3.8) is 0 Å². The third-order valence-corrected chi connectivity index (χ3v) is 1.67. The summed E-state index contributed by atoms with van der Waals surface area (Å²) in [6, 6.07) is 5.11. The second-order valence-corrected chi connectivity index (χ2v) is 3.02. The van der Waals surface area contributed by atoms with Gasteiger partial charge in [-0.05, 0) is 25.5 Å². The molecule has 1 nitrogen and oxygen atoms in total. The summed E-state index contributed by atoms with van der Waals surface area (Å²) in [5.41, 5.74) is 1.27. The van der Waals surface area contributed by atoms with E-state index in [1.165, 1.54) is 0 Å². The molecule has 0 aliphatic rings. The van der Waals surface area contributed by atoms with Crippen LogP contribution in [0.25, 0.3) is 0 Å². The molecule has 0 spiro atoms. The third kappa shape index (κ3) is 6.19. The molecule has 6 heteroatoms. The van der Waals surface area contributed by atoms with Crippen LogP contribution in [-0.4, -0.2) is 12.0 Å². The van der Waals surface area contributed by atoms with Gasteiger partial charge in [0.1, 0.15) is 0 Å². The van der Waals surface area contributed by atoms with Crippen molar-refractivity contribution >= 4 is 6.98 Å². The number of aromatic nitrogens is 1. The number of halogens is 3. The van der Waals surface area contributed by atoms with E-state index in [-0.39, 0.29) is 57.8 Å². The smallest absolute Gasteiger partial charge is 0.449 e. The van der Waals surface area contributed by atoms with Crippen molar-refractivity contribution in [3.05, 3.63) is 29.6 Å². The number of rotatable bonds is 3. The Morgan fingerprint density at radius 2 is 1.93 bits per heavy atom. The number of aryl methyl sites for hydroxylation is 2. The Kier molecular flexibility index (Phi) is 6.56. The SMILES string of the molecule is Cc1cccc(CC[B-](F)(F)F)n1.[K+]. The molecule has 0 amide bonds. The Labute approximate surface area is 124 Å². The van der Waals surface area contributed by atoms with E-state index < -0.39 is 13.3 Å². The first-order chi connectivity index (χ1) is 5.97. The zero-order chi connectivity index (χ0) is 9.90. The molecule has 0 unspecified atom stereocenters. The summed E-state index contributed by atoms with van der Waals surface area (Å²) >= 11 is 0. The molecule has 0 atom stereocenters. The van der Waals surface area contributed by atoms with E-state index in [1.54, 1.807) is 25.1 Å². The largest absolute Gasteiger partial charge is 1.00 e. The molecule has 0 N–H and O–H groups in total. The van der Waals surface area contributed by atoms with Crippen LogP contribution < -0.4 is 51.4 Å². The summed E-state index contributed by atoms with van der Waals surface area (Å²) in [7, 11) is 0. The van der Waals surface area contributed by atoms with Gasteiger partial charge in [-0.3, -0.25) is 4.98 Å². The van der Waals surface area contributed by atoms with Gasteiger partial charge in [0.2, 0.25) is 0 Å². The summed E-state index contributed by atoms with van der Waals surface area (Å²) in [4.78, 5) is 3.99. The first-order valence-electron chi connectivity index (χ1n) is 4.11. The molecule has 0 fully saturated rings. The molecule has 0 aromatic carbocycles. The Balaban J connectivity index is 0.00000169. The molecule has 72 valence electrons. The van der Waals surface area contributed by atoms with Gasteiger partial charge in [0.25, 0.3) is 0 Å². The molecule has 14 heavy (non-hydrogen) atoms. The van der Waals surface area contributed by atoms with Crippen LogP contribution >= 0.6 is 0 Å². The number of hydrogen-bond donors (Lipinski definition) is 0. The van der Waals surface area contributed by atoms with Crippen molar-refractivity contribution in [2.45, 2.75) is 19.7 Å². The number of hydrogen-bond acceptors (Lipinski definition) is 1. The summed E-state index contributed by atoms with van der Waals surface area (Å²) in [5.74, 6) is 0. The summed E-state index contributed by atoms with van der Waals surface area (Å²) in [6.45, 7) is -2.91. The zero-order valence-corrected chi connectivity index (χ0v) is 11.4. The Bertz CT molecular complexity index is 290.